The van der Waals surface area contributed by atoms with Crippen LogP contribution in [0.3, 0.4) is 0 Å². The summed E-state index contributed by atoms with van der Waals surface area (Å²) in [5, 5.41) is 0. The van der Waals surface area contributed by atoms with Crippen LogP contribution in [0.15, 0.2) is 0 Å². The predicted octanol–water partition coefficient (Wildman–Crippen LogP) is 1.69. The number of hydrogen-bond acceptors (Lipinski definition) is 5. The smallest absolute Gasteiger partial charge is 0.315 e. The van der Waals surface area contributed by atoms with Gasteiger partial charge in [-0.2, -0.15) is 0 Å². The molecule has 0 unspecified atom stereocenters. The zero-order valence-corrected chi connectivity index (χ0v) is 12.5. The molecule has 5 nitrogen and oxygen atoms in total. The van der Waals surface area contributed by atoms with E-state index in [1.807, 2.05) is 27.7 Å². The van der Waals surface area contributed by atoms with Gasteiger partial charge in [-0.3, -0.25) is 9.59 Å². The van der Waals surface area contributed by atoms with E-state index in [-0.39, 0.29) is 30.6 Å². The van der Waals surface area contributed by atoms with Crippen molar-refractivity contribution in [1.29, 1.82) is 0 Å². The summed E-state index contributed by atoms with van der Waals surface area (Å²) in [6, 6.07) is 0. The molecule has 0 amide bonds. The second kappa shape index (κ2) is 3.97. The van der Waals surface area contributed by atoms with E-state index in [9.17, 15) is 9.59 Å². The molecule has 112 valence electrons. The molecule has 0 aromatic rings. The molecule has 2 bridgehead atoms. The lowest BCUT2D eigenvalue weighted by atomic mass is 9.62. The summed E-state index contributed by atoms with van der Waals surface area (Å²) in [4.78, 5) is 24.1. The first-order valence-corrected chi connectivity index (χ1v) is 7.23. The molecule has 3 heterocycles. The van der Waals surface area contributed by atoms with Crippen molar-refractivity contribution in [3.63, 3.8) is 0 Å². The van der Waals surface area contributed by atoms with Crippen LogP contribution in [0.4, 0.5) is 0 Å². The van der Waals surface area contributed by atoms with Gasteiger partial charge in [-0.15, -0.1) is 0 Å². The highest BCUT2D eigenvalue weighted by molar-refractivity contribution is 5.82. The Hall–Kier alpha value is -1.10. The summed E-state index contributed by atoms with van der Waals surface area (Å²) < 4.78 is 16.8. The van der Waals surface area contributed by atoms with Crippen molar-refractivity contribution in [2.24, 2.45) is 16.7 Å². The van der Waals surface area contributed by atoms with Crippen molar-refractivity contribution in [3.05, 3.63) is 0 Å². The molecule has 0 N–H and O–H groups in total. The lowest BCUT2D eigenvalue weighted by Crippen LogP contribution is -2.53. The minimum absolute atomic E-state index is 0.0554. The Kier molecular flexibility index (Phi) is 2.75. The maximum absolute atomic E-state index is 12.2. The van der Waals surface area contributed by atoms with Gasteiger partial charge in [-0.25, -0.2) is 0 Å². The first kappa shape index (κ1) is 13.9. The molecular weight excluding hydrogens is 260 g/mol. The first-order valence-electron chi connectivity index (χ1n) is 7.23. The second-order valence-electron chi connectivity index (χ2n) is 7.42. The molecule has 3 aliphatic heterocycles. The normalized spacial score (nSPS) is 42.5. The van der Waals surface area contributed by atoms with Gasteiger partial charge < -0.3 is 14.2 Å². The monoisotopic (exact) mass is 282 g/mol. The van der Waals surface area contributed by atoms with Crippen LogP contribution in [-0.2, 0) is 23.8 Å². The van der Waals surface area contributed by atoms with Crippen LogP contribution in [0.2, 0.25) is 0 Å². The third-order valence-corrected chi connectivity index (χ3v) is 5.21. The van der Waals surface area contributed by atoms with Crippen LogP contribution in [0, 0.1) is 16.7 Å². The fraction of sp³-hybridized carbons (Fsp3) is 0.867. The topological polar surface area (TPSA) is 61.8 Å². The number of fused-ring (bicyclic) bond motifs is 5. The molecule has 3 rings (SSSR count). The lowest BCUT2D eigenvalue weighted by Gasteiger charge is -2.38. The Balaban J connectivity index is 1.81. The molecule has 3 saturated heterocycles. The Morgan fingerprint density at radius 3 is 2.80 bits per heavy atom. The van der Waals surface area contributed by atoms with E-state index in [4.69, 9.17) is 14.2 Å². The van der Waals surface area contributed by atoms with Crippen molar-refractivity contribution < 1.29 is 23.8 Å². The first-order chi connectivity index (χ1) is 9.21. The van der Waals surface area contributed by atoms with Gasteiger partial charge in [0.2, 0.25) is 0 Å². The number of ether oxygens (including phenoxy) is 3. The Morgan fingerprint density at radius 1 is 1.45 bits per heavy atom. The highest BCUT2D eigenvalue weighted by atomic mass is 16.6. The molecule has 0 spiro atoms. The van der Waals surface area contributed by atoms with E-state index in [2.05, 4.69) is 0 Å². The van der Waals surface area contributed by atoms with E-state index in [1.165, 1.54) is 0 Å². The van der Waals surface area contributed by atoms with Crippen LogP contribution in [0.5, 0.6) is 0 Å². The van der Waals surface area contributed by atoms with Crippen LogP contribution in [0.1, 0.15) is 40.5 Å². The number of cyclic esters (lactones) is 1. The van der Waals surface area contributed by atoms with Gasteiger partial charge >= 0.3 is 11.9 Å². The maximum atomic E-state index is 12.2. The number of esters is 2. The van der Waals surface area contributed by atoms with Crippen LogP contribution in [-0.4, -0.2) is 36.9 Å². The molecule has 3 aliphatic rings. The molecule has 0 saturated carbocycles. The Labute approximate surface area is 118 Å². The van der Waals surface area contributed by atoms with Gasteiger partial charge in [0, 0.05) is 5.92 Å². The van der Waals surface area contributed by atoms with Crippen molar-refractivity contribution in [2.75, 3.05) is 13.2 Å². The van der Waals surface area contributed by atoms with E-state index in [1.54, 1.807) is 0 Å². The summed E-state index contributed by atoms with van der Waals surface area (Å²) >= 11 is 0. The molecule has 0 radical (unpaired) electrons. The zero-order valence-electron chi connectivity index (χ0n) is 12.5. The number of carbonyl (C=O) groups is 2. The standard InChI is InChI=1S/C15H22O5/c1-13(2,3)11(16)19-8-15-6-5-10(20-15)9-7-18-12(17)14(9,15)4/h9-10H,5-8H2,1-4H3/t9-,10-,14+,15-/m1/s1. The molecular formula is C15H22O5. The van der Waals surface area contributed by atoms with E-state index in [0.29, 0.717) is 6.61 Å². The number of hydrogen-bond donors (Lipinski definition) is 0. The third kappa shape index (κ3) is 1.59. The fourth-order valence-corrected chi connectivity index (χ4v) is 3.74. The van der Waals surface area contributed by atoms with Gasteiger partial charge in [-0.1, -0.05) is 0 Å². The molecule has 3 fully saturated rings. The zero-order chi connectivity index (χ0) is 14.8. The lowest BCUT2D eigenvalue weighted by molar-refractivity contribution is -0.174. The minimum atomic E-state index is -0.698. The van der Waals surface area contributed by atoms with Crippen LogP contribution >= 0.6 is 0 Å². The average Bonchev–Trinajstić information content (AvgIpc) is 2.97. The Morgan fingerprint density at radius 2 is 2.15 bits per heavy atom. The molecule has 20 heavy (non-hydrogen) atoms. The predicted molar refractivity (Wildman–Crippen MR) is 69.8 cm³/mol. The summed E-state index contributed by atoms with van der Waals surface area (Å²) in [6.45, 7) is 7.91. The van der Waals surface area contributed by atoms with Crippen molar-refractivity contribution in [2.45, 2.75) is 52.2 Å². The van der Waals surface area contributed by atoms with Crippen molar-refractivity contribution in [3.8, 4) is 0 Å². The maximum Gasteiger partial charge on any atom is 0.315 e. The highest BCUT2D eigenvalue weighted by Crippen LogP contribution is 2.61. The molecule has 5 heteroatoms. The van der Waals surface area contributed by atoms with Gasteiger partial charge in [0.25, 0.3) is 0 Å². The Bertz CT molecular complexity index is 465. The van der Waals surface area contributed by atoms with E-state index < -0.39 is 16.4 Å². The summed E-state index contributed by atoms with van der Waals surface area (Å²) in [5.74, 6) is -0.383. The van der Waals surface area contributed by atoms with E-state index >= 15 is 0 Å². The summed E-state index contributed by atoms with van der Waals surface area (Å²) in [5.41, 5.74) is -1.92. The average molecular weight is 282 g/mol. The molecule has 4 atom stereocenters. The largest absolute Gasteiger partial charge is 0.465 e. The molecule has 0 aliphatic carbocycles. The summed E-state index contributed by atoms with van der Waals surface area (Å²) in [7, 11) is 0. The number of rotatable bonds is 2. The van der Waals surface area contributed by atoms with Crippen molar-refractivity contribution in [1.82, 2.24) is 0 Å². The van der Waals surface area contributed by atoms with Gasteiger partial charge in [0.1, 0.15) is 17.6 Å². The van der Waals surface area contributed by atoms with Gasteiger partial charge in [0.05, 0.1) is 18.1 Å². The van der Waals surface area contributed by atoms with Gasteiger partial charge in [-0.05, 0) is 40.5 Å². The minimum Gasteiger partial charge on any atom is -0.465 e. The van der Waals surface area contributed by atoms with Crippen LogP contribution < -0.4 is 0 Å². The fourth-order valence-electron chi connectivity index (χ4n) is 3.74. The second-order valence-corrected chi connectivity index (χ2v) is 7.42. The molecule has 0 aromatic carbocycles. The number of carbonyl (C=O) groups excluding carboxylic acids is 2. The summed E-state index contributed by atoms with van der Waals surface area (Å²) in [6.07, 6.45) is 1.71. The van der Waals surface area contributed by atoms with E-state index in [0.717, 1.165) is 12.8 Å². The SMILES string of the molecule is CC(C)(C)C(=O)OC[C@@]12CC[C@@H](O1)[C@H]1COC(=O)[C@]12C. The quantitative estimate of drug-likeness (QED) is 0.721. The molecule has 0 aromatic heterocycles. The third-order valence-electron chi connectivity index (χ3n) is 5.21. The van der Waals surface area contributed by atoms with Gasteiger partial charge in [0.15, 0.2) is 0 Å². The van der Waals surface area contributed by atoms with Crippen LogP contribution in [0.25, 0.3) is 0 Å². The van der Waals surface area contributed by atoms with Crippen molar-refractivity contribution >= 4 is 11.9 Å². The highest BCUT2D eigenvalue weighted by Gasteiger charge is 2.73.